The Morgan fingerprint density at radius 2 is 1.94 bits per heavy atom. The Hall–Kier alpha value is -0.0400. The monoisotopic (exact) mass is 343 g/mol. The Morgan fingerprint density at radius 1 is 1.31 bits per heavy atom. The molecule has 5 heteroatoms. The van der Waals surface area contributed by atoms with Gasteiger partial charge in [-0.25, -0.2) is 0 Å². The molecule has 0 amide bonds. The molecule has 98 valence electrons. The summed E-state index contributed by atoms with van der Waals surface area (Å²) >= 11 is 0. The fourth-order valence-electron chi connectivity index (χ4n) is 1.37. The van der Waals surface area contributed by atoms with Gasteiger partial charge in [0.15, 0.2) is 5.96 Å². The van der Waals surface area contributed by atoms with Crippen molar-refractivity contribution in [3.05, 3.63) is 0 Å². The van der Waals surface area contributed by atoms with Crippen LogP contribution < -0.4 is 11.1 Å². The van der Waals surface area contributed by atoms with E-state index in [0.29, 0.717) is 18.5 Å². The van der Waals surface area contributed by atoms with Gasteiger partial charge in [-0.1, -0.05) is 26.7 Å². The van der Waals surface area contributed by atoms with E-state index >= 15 is 0 Å². The number of nitrogens with two attached hydrogens (primary N) is 1. The van der Waals surface area contributed by atoms with Crippen molar-refractivity contribution in [3.8, 4) is 0 Å². The van der Waals surface area contributed by atoms with Crippen LogP contribution in [0.25, 0.3) is 0 Å². The SMILES string of the molecule is CC(C)CCCC(C)NC(N)=NCCO.I. The van der Waals surface area contributed by atoms with Crippen molar-refractivity contribution in [2.75, 3.05) is 13.2 Å². The number of hydrogen-bond acceptors (Lipinski definition) is 2. The maximum absolute atomic E-state index is 8.56. The van der Waals surface area contributed by atoms with Crippen molar-refractivity contribution in [1.29, 1.82) is 0 Å². The highest BCUT2D eigenvalue weighted by atomic mass is 127. The number of aliphatic hydroxyl groups is 1. The molecule has 0 saturated carbocycles. The van der Waals surface area contributed by atoms with Crippen molar-refractivity contribution < 1.29 is 5.11 Å². The first-order valence-corrected chi connectivity index (χ1v) is 5.73. The number of rotatable bonds is 7. The number of hydrogen-bond donors (Lipinski definition) is 3. The van der Waals surface area contributed by atoms with Crippen LogP contribution >= 0.6 is 24.0 Å². The van der Waals surface area contributed by atoms with Crippen LogP contribution in [0.3, 0.4) is 0 Å². The largest absolute Gasteiger partial charge is 0.394 e. The molecule has 1 atom stereocenters. The second-order valence-electron chi connectivity index (χ2n) is 4.36. The predicted molar refractivity (Wildman–Crippen MR) is 80.3 cm³/mol. The van der Waals surface area contributed by atoms with Gasteiger partial charge in [-0.15, -0.1) is 24.0 Å². The van der Waals surface area contributed by atoms with E-state index in [-0.39, 0.29) is 30.6 Å². The van der Waals surface area contributed by atoms with Gasteiger partial charge in [-0.2, -0.15) is 0 Å². The Morgan fingerprint density at radius 3 is 2.44 bits per heavy atom. The number of guanidine groups is 1. The van der Waals surface area contributed by atoms with Crippen LogP contribution in [0.15, 0.2) is 4.99 Å². The quantitative estimate of drug-likeness (QED) is 0.374. The number of aliphatic hydroxyl groups excluding tert-OH is 1. The van der Waals surface area contributed by atoms with Gasteiger partial charge >= 0.3 is 0 Å². The highest BCUT2D eigenvalue weighted by Gasteiger charge is 2.03. The fraction of sp³-hybridized carbons (Fsp3) is 0.909. The highest BCUT2D eigenvalue weighted by molar-refractivity contribution is 14.0. The van der Waals surface area contributed by atoms with Crippen molar-refractivity contribution in [2.24, 2.45) is 16.6 Å². The summed E-state index contributed by atoms with van der Waals surface area (Å²) in [7, 11) is 0. The van der Waals surface area contributed by atoms with Crippen molar-refractivity contribution in [2.45, 2.75) is 46.1 Å². The fourth-order valence-corrected chi connectivity index (χ4v) is 1.37. The van der Waals surface area contributed by atoms with Crippen molar-refractivity contribution in [1.82, 2.24) is 5.32 Å². The van der Waals surface area contributed by atoms with E-state index in [2.05, 4.69) is 31.1 Å². The van der Waals surface area contributed by atoms with Gasteiger partial charge in [0.25, 0.3) is 0 Å². The zero-order chi connectivity index (χ0) is 11.7. The molecule has 0 aliphatic rings. The lowest BCUT2D eigenvalue weighted by Gasteiger charge is -2.14. The maximum Gasteiger partial charge on any atom is 0.188 e. The average molecular weight is 343 g/mol. The molecule has 0 aromatic carbocycles. The Kier molecular flexibility index (Phi) is 13.1. The summed E-state index contributed by atoms with van der Waals surface area (Å²) in [6.45, 7) is 6.98. The molecule has 4 nitrogen and oxygen atoms in total. The zero-order valence-corrected chi connectivity index (χ0v) is 12.9. The molecule has 0 radical (unpaired) electrons. The smallest absolute Gasteiger partial charge is 0.188 e. The van der Waals surface area contributed by atoms with Crippen LogP contribution in [0.4, 0.5) is 0 Å². The second-order valence-corrected chi connectivity index (χ2v) is 4.36. The molecule has 16 heavy (non-hydrogen) atoms. The summed E-state index contributed by atoms with van der Waals surface area (Å²) in [5.41, 5.74) is 5.62. The standard InChI is InChI=1S/C11H25N3O.HI/c1-9(2)5-4-6-10(3)14-11(12)13-7-8-15;/h9-10,15H,4-8H2,1-3H3,(H3,12,13,14);1H. The summed E-state index contributed by atoms with van der Waals surface area (Å²) in [6.07, 6.45) is 3.56. The molecule has 0 spiro atoms. The molecular weight excluding hydrogens is 317 g/mol. The molecule has 1 unspecified atom stereocenters. The summed E-state index contributed by atoms with van der Waals surface area (Å²) in [4.78, 5) is 3.96. The Balaban J connectivity index is 0. The molecule has 0 aromatic heterocycles. The van der Waals surface area contributed by atoms with E-state index in [0.717, 1.165) is 12.3 Å². The lowest BCUT2D eigenvalue weighted by Crippen LogP contribution is -2.38. The van der Waals surface area contributed by atoms with Crippen LogP contribution in [0, 0.1) is 5.92 Å². The lowest BCUT2D eigenvalue weighted by atomic mass is 10.0. The van der Waals surface area contributed by atoms with E-state index in [1.807, 2.05) is 0 Å². The minimum Gasteiger partial charge on any atom is -0.394 e. The molecule has 0 aromatic rings. The van der Waals surface area contributed by atoms with Gasteiger partial charge in [0.2, 0.25) is 0 Å². The van der Waals surface area contributed by atoms with E-state index in [1.54, 1.807) is 0 Å². The maximum atomic E-state index is 8.56. The van der Waals surface area contributed by atoms with Crippen molar-refractivity contribution in [3.63, 3.8) is 0 Å². The molecule has 0 aliphatic carbocycles. The molecule has 0 rings (SSSR count). The van der Waals surface area contributed by atoms with Gasteiger partial charge < -0.3 is 16.2 Å². The average Bonchev–Trinajstić information content (AvgIpc) is 2.14. The molecule has 0 saturated heterocycles. The third-order valence-corrected chi connectivity index (χ3v) is 2.20. The number of halogens is 1. The first-order chi connectivity index (χ1) is 7.06. The molecule has 0 bridgehead atoms. The molecule has 4 N–H and O–H groups in total. The normalized spacial score (nSPS) is 13.4. The molecule has 0 heterocycles. The number of nitrogens with zero attached hydrogens (tertiary/aromatic N) is 1. The zero-order valence-electron chi connectivity index (χ0n) is 10.6. The molecular formula is C11H26IN3O. The summed E-state index contributed by atoms with van der Waals surface area (Å²) < 4.78 is 0. The number of nitrogens with one attached hydrogen (secondary N) is 1. The second kappa shape index (κ2) is 11.4. The van der Waals surface area contributed by atoms with Gasteiger partial charge in [0.05, 0.1) is 13.2 Å². The molecule has 0 aliphatic heterocycles. The minimum absolute atomic E-state index is 0. The van der Waals surface area contributed by atoms with Gasteiger partial charge in [0.1, 0.15) is 0 Å². The van der Waals surface area contributed by atoms with Crippen molar-refractivity contribution >= 4 is 29.9 Å². The van der Waals surface area contributed by atoms with Crippen LogP contribution in [-0.2, 0) is 0 Å². The van der Waals surface area contributed by atoms with E-state index in [4.69, 9.17) is 10.8 Å². The summed E-state index contributed by atoms with van der Waals surface area (Å²) in [6, 6.07) is 0.353. The molecule has 0 fully saturated rings. The van der Waals surface area contributed by atoms with E-state index < -0.39 is 0 Å². The van der Waals surface area contributed by atoms with E-state index in [9.17, 15) is 0 Å². The van der Waals surface area contributed by atoms with Gasteiger partial charge in [-0.3, -0.25) is 4.99 Å². The van der Waals surface area contributed by atoms with Gasteiger partial charge in [0, 0.05) is 6.04 Å². The topological polar surface area (TPSA) is 70.6 Å². The Labute approximate surface area is 116 Å². The Bertz CT molecular complexity index is 186. The minimum atomic E-state index is 0. The highest BCUT2D eigenvalue weighted by Crippen LogP contribution is 2.07. The summed E-state index contributed by atoms with van der Waals surface area (Å²) in [5.74, 6) is 1.19. The van der Waals surface area contributed by atoms with E-state index in [1.165, 1.54) is 12.8 Å². The third kappa shape index (κ3) is 12.0. The summed E-state index contributed by atoms with van der Waals surface area (Å²) in [5, 5.41) is 11.7. The third-order valence-electron chi connectivity index (χ3n) is 2.20. The van der Waals surface area contributed by atoms with Gasteiger partial charge in [-0.05, 0) is 19.3 Å². The van der Waals surface area contributed by atoms with Crippen LogP contribution in [-0.4, -0.2) is 30.3 Å². The predicted octanol–water partition coefficient (Wildman–Crippen LogP) is 1.72. The first-order valence-electron chi connectivity index (χ1n) is 5.73. The number of aliphatic imine (C=N–C) groups is 1. The van der Waals surface area contributed by atoms with Crippen LogP contribution in [0.5, 0.6) is 0 Å². The van der Waals surface area contributed by atoms with Crippen LogP contribution in [0.2, 0.25) is 0 Å². The lowest BCUT2D eigenvalue weighted by molar-refractivity contribution is 0.306. The van der Waals surface area contributed by atoms with Crippen LogP contribution in [0.1, 0.15) is 40.0 Å². The first kappa shape index (κ1) is 18.3.